The molecule has 1 aromatic rings. The Bertz CT molecular complexity index is 288. The zero-order valence-electron chi connectivity index (χ0n) is 8.28. The monoisotopic (exact) mass is 232 g/mol. The van der Waals surface area contributed by atoms with E-state index in [1.165, 1.54) is 12.3 Å². The average Bonchev–Trinajstić information content (AvgIpc) is 2.23. The first-order chi connectivity index (χ1) is 6.84. The highest BCUT2D eigenvalue weighted by Gasteiger charge is 2.14. The van der Waals surface area contributed by atoms with Crippen molar-refractivity contribution in [2.75, 3.05) is 13.1 Å². The minimum Gasteiger partial charge on any atom is -0.474 e. The molecule has 0 aromatic carbocycles. The summed E-state index contributed by atoms with van der Waals surface area (Å²) in [4.78, 5) is 3.85. The van der Waals surface area contributed by atoms with Crippen molar-refractivity contribution in [2.24, 2.45) is 0 Å². The van der Waals surface area contributed by atoms with Crippen molar-refractivity contribution in [1.82, 2.24) is 10.3 Å². The normalized spacial score (nSPS) is 16.9. The van der Waals surface area contributed by atoms with Crippen molar-refractivity contribution in [1.29, 1.82) is 0 Å². The predicted molar refractivity (Wildman–Crippen MR) is 58.0 cm³/mol. The van der Waals surface area contributed by atoms with Crippen LogP contribution in [-0.2, 0) is 0 Å². The number of nitrogens with one attached hydrogen (secondary N) is 1. The van der Waals surface area contributed by atoms with Gasteiger partial charge in [0.1, 0.15) is 11.9 Å². The molecule has 0 radical (unpaired) electrons. The fraction of sp³-hybridized carbons (Fsp3) is 0.500. The Morgan fingerprint density at radius 2 is 2.07 bits per heavy atom. The number of aromatic nitrogens is 1. The molecule has 2 rings (SSSR count). The Morgan fingerprint density at radius 3 is 2.67 bits per heavy atom. The molecular formula is C10H14ClFN2O. The third-order valence-corrected chi connectivity index (χ3v) is 2.27. The second kappa shape index (κ2) is 5.88. The van der Waals surface area contributed by atoms with Gasteiger partial charge in [-0.05, 0) is 32.0 Å². The molecule has 0 bridgehead atoms. The lowest BCUT2D eigenvalue weighted by molar-refractivity contribution is 0.155. The highest BCUT2D eigenvalue weighted by atomic mass is 35.5. The maximum Gasteiger partial charge on any atom is 0.213 e. The van der Waals surface area contributed by atoms with Gasteiger partial charge in [0.05, 0.1) is 6.20 Å². The number of ether oxygens (including phenoxy) is 1. The van der Waals surface area contributed by atoms with Crippen molar-refractivity contribution in [3.8, 4) is 5.88 Å². The fourth-order valence-corrected chi connectivity index (χ4v) is 1.52. The van der Waals surface area contributed by atoms with Crippen LogP contribution in [0, 0.1) is 5.82 Å². The first kappa shape index (κ1) is 12.2. The Hall–Kier alpha value is -0.870. The fourth-order valence-electron chi connectivity index (χ4n) is 1.52. The van der Waals surface area contributed by atoms with E-state index in [0.717, 1.165) is 25.9 Å². The Kier molecular flexibility index (Phi) is 4.78. The van der Waals surface area contributed by atoms with E-state index in [1.807, 2.05) is 0 Å². The van der Waals surface area contributed by atoms with Gasteiger partial charge in [0, 0.05) is 6.07 Å². The van der Waals surface area contributed by atoms with Gasteiger partial charge in [-0.2, -0.15) is 0 Å². The molecule has 15 heavy (non-hydrogen) atoms. The second-order valence-electron chi connectivity index (χ2n) is 3.38. The van der Waals surface area contributed by atoms with E-state index >= 15 is 0 Å². The summed E-state index contributed by atoms with van der Waals surface area (Å²) in [6.45, 7) is 1.96. The zero-order valence-corrected chi connectivity index (χ0v) is 9.10. The van der Waals surface area contributed by atoms with Crippen molar-refractivity contribution in [3.63, 3.8) is 0 Å². The highest BCUT2D eigenvalue weighted by Crippen LogP contribution is 2.13. The SMILES string of the molecule is Cl.Fc1ccc(OC2CCNCC2)nc1. The third kappa shape index (κ3) is 3.64. The molecule has 1 saturated heterocycles. The summed E-state index contributed by atoms with van der Waals surface area (Å²) >= 11 is 0. The summed E-state index contributed by atoms with van der Waals surface area (Å²) in [6, 6.07) is 2.93. The molecule has 3 nitrogen and oxygen atoms in total. The van der Waals surface area contributed by atoms with E-state index in [2.05, 4.69) is 10.3 Å². The molecule has 1 aliphatic rings. The Labute approximate surface area is 94.5 Å². The molecule has 2 heterocycles. The van der Waals surface area contributed by atoms with Crippen LogP contribution >= 0.6 is 12.4 Å². The first-order valence-electron chi connectivity index (χ1n) is 4.83. The molecule has 5 heteroatoms. The van der Waals surface area contributed by atoms with Crippen LogP contribution in [0.15, 0.2) is 18.3 Å². The van der Waals surface area contributed by atoms with Crippen LogP contribution in [0.1, 0.15) is 12.8 Å². The van der Waals surface area contributed by atoms with E-state index in [0.29, 0.717) is 5.88 Å². The first-order valence-corrected chi connectivity index (χ1v) is 4.83. The maximum atomic E-state index is 12.5. The average molecular weight is 233 g/mol. The predicted octanol–water partition coefficient (Wildman–Crippen LogP) is 1.77. The van der Waals surface area contributed by atoms with Gasteiger partial charge in [0.2, 0.25) is 5.88 Å². The van der Waals surface area contributed by atoms with Crippen molar-refractivity contribution < 1.29 is 9.13 Å². The van der Waals surface area contributed by atoms with E-state index in [-0.39, 0.29) is 24.3 Å². The van der Waals surface area contributed by atoms with Gasteiger partial charge in [0.15, 0.2) is 0 Å². The number of hydrogen-bond donors (Lipinski definition) is 1. The van der Waals surface area contributed by atoms with Crippen molar-refractivity contribution in [3.05, 3.63) is 24.1 Å². The summed E-state index contributed by atoms with van der Waals surface area (Å²) in [7, 11) is 0. The highest BCUT2D eigenvalue weighted by molar-refractivity contribution is 5.85. The minimum atomic E-state index is -0.331. The smallest absolute Gasteiger partial charge is 0.213 e. The van der Waals surface area contributed by atoms with E-state index in [4.69, 9.17) is 4.74 Å². The Balaban J connectivity index is 0.00000112. The third-order valence-electron chi connectivity index (χ3n) is 2.27. The van der Waals surface area contributed by atoms with E-state index < -0.39 is 0 Å². The van der Waals surface area contributed by atoms with Gasteiger partial charge in [-0.15, -0.1) is 12.4 Å². The molecule has 0 spiro atoms. The maximum absolute atomic E-state index is 12.5. The van der Waals surface area contributed by atoms with Gasteiger partial charge >= 0.3 is 0 Å². The molecule has 1 fully saturated rings. The molecule has 0 saturated carbocycles. The number of piperidine rings is 1. The number of hydrogen-bond acceptors (Lipinski definition) is 3. The number of pyridine rings is 1. The van der Waals surface area contributed by atoms with Crippen LogP contribution < -0.4 is 10.1 Å². The topological polar surface area (TPSA) is 34.1 Å². The van der Waals surface area contributed by atoms with Crippen LogP contribution in [0.4, 0.5) is 4.39 Å². The lowest BCUT2D eigenvalue weighted by atomic mass is 10.1. The summed E-state index contributed by atoms with van der Waals surface area (Å²) in [5.41, 5.74) is 0. The second-order valence-corrected chi connectivity index (χ2v) is 3.38. The molecule has 1 aliphatic heterocycles. The summed E-state index contributed by atoms with van der Waals surface area (Å²) in [5.74, 6) is 0.181. The van der Waals surface area contributed by atoms with Crippen LogP contribution in [-0.4, -0.2) is 24.2 Å². The lowest BCUT2D eigenvalue weighted by Crippen LogP contribution is -2.34. The van der Waals surface area contributed by atoms with Crippen LogP contribution in [0.25, 0.3) is 0 Å². The van der Waals surface area contributed by atoms with Gasteiger partial charge in [-0.1, -0.05) is 0 Å². The lowest BCUT2D eigenvalue weighted by Gasteiger charge is -2.23. The molecule has 84 valence electrons. The zero-order chi connectivity index (χ0) is 9.80. The number of halogens is 2. The summed E-state index contributed by atoms with van der Waals surface area (Å²) in [6.07, 6.45) is 3.36. The van der Waals surface area contributed by atoms with E-state index in [1.54, 1.807) is 6.07 Å². The molecule has 0 aliphatic carbocycles. The molecule has 1 aromatic heterocycles. The molecule has 0 atom stereocenters. The quantitative estimate of drug-likeness (QED) is 0.844. The molecule has 0 amide bonds. The molecule has 0 unspecified atom stereocenters. The standard InChI is InChI=1S/C10H13FN2O.ClH/c11-8-1-2-10(13-7-8)14-9-3-5-12-6-4-9;/h1-2,7,9,12H,3-6H2;1H. The van der Waals surface area contributed by atoms with E-state index in [9.17, 15) is 4.39 Å². The minimum absolute atomic E-state index is 0. The van der Waals surface area contributed by atoms with Crippen LogP contribution in [0.5, 0.6) is 5.88 Å². The van der Waals surface area contributed by atoms with Crippen molar-refractivity contribution in [2.45, 2.75) is 18.9 Å². The van der Waals surface area contributed by atoms with Crippen LogP contribution in [0.3, 0.4) is 0 Å². The van der Waals surface area contributed by atoms with Gasteiger partial charge in [-0.3, -0.25) is 0 Å². The van der Waals surface area contributed by atoms with Gasteiger partial charge < -0.3 is 10.1 Å². The van der Waals surface area contributed by atoms with Gasteiger partial charge in [0.25, 0.3) is 0 Å². The largest absolute Gasteiger partial charge is 0.474 e. The Morgan fingerprint density at radius 1 is 1.33 bits per heavy atom. The number of nitrogens with zero attached hydrogens (tertiary/aromatic N) is 1. The van der Waals surface area contributed by atoms with Gasteiger partial charge in [-0.25, -0.2) is 9.37 Å². The summed E-state index contributed by atoms with van der Waals surface area (Å²) < 4.78 is 18.1. The number of rotatable bonds is 2. The summed E-state index contributed by atoms with van der Waals surface area (Å²) in [5, 5.41) is 3.25. The molecule has 1 N–H and O–H groups in total. The molecular weight excluding hydrogens is 219 g/mol. The van der Waals surface area contributed by atoms with Crippen LogP contribution in [0.2, 0.25) is 0 Å². The van der Waals surface area contributed by atoms with Crippen molar-refractivity contribution >= 4 is 12.4 Å².